The molecule has 1 N–H and O–H groups in total. The monoisotopic (exact) mass is 221 g/mol. The molecule has 0 bridgehead atoms. The molecule has 1 unspecified atom stereocenters. The van der Waals surface area contributed by atoms with E-state index in [-0.39, 0.29) is 0 Å². The van der Waals surface area contributed by atoms with Crippen molar-refractivity contribution < 1.29 is 4.74 Å². The molecule has 0 heterocycles. The second-order valence-electron chi connectivity index (χ2n) is 4.26. The lowest BCUT2D eigenvalue weighted by atomic mass is 10.0. The van der Waals surface area contributed by atoms with Gasteiger partial charge in [-0.15, -0.1) is 0 Å². The van der Waals surface area contributed by atoms with E-state index < -0.39 is 0 Å². The standard InChI is InChI=1S/C14H23NO/c1-5-8-16-10-14(15-4)13-7-6-11(2)12(3)9-13/h6-7,9,14-15H,5,8,10H2,1-4H3. The molecule has 0 aromatic heterocycles. The number of aryl methyl sites for hydroxylation is 2. The third-order valence-corrected chi connectivity index (χ3v) is 2.91. The normalized spacial score (nSPS) is 12.8. The van der Waals surface area contributed by atoms with Gasteiger partial charge in [-0.2, -0.15) is 0 Å². The zero-order chi connectivity index (χ0) is 12.0. The SMILES string of the molecule is CCCOCC(NC)c1ccc(C)c(C)c1. The third kappa shape index (κ3) is 3.62. The number of nitrogens with one attached hydrogen (secondary N) is 1. The highest BCUT2D eigenvalue weighted by Crippen LogP contribution is 2.17. The van der Waals surface area contributed by atoms with Crippen LogP contribution in [0.2, 0.25) is 0 Å². The third-order valence-electron chi connectivity index (χ3n) is 2.91. The molecular weight excluding hydrogens is 198 g/mol. The second kappa shape index (κ2) is 6.66. The average Bonchev–Trinajstić information content (AvgIpc) is 2.29. The first kappa shape index (κ1) is 13.2. The molecule has 0 amide bonds. The highest BCUT2D eigenvalue weighted by atomic mass is 16.5. The molecule has 1 atom stereocenters. The first-order valence-electron chi connectivity index (χ1n) is 6.01. The van der Waals surface area contributed by atoms with Gasteiger partial charge in [0.1, 0.15) is 0 Å². The van der Waals surface area contributed by atoms with Crippen LogP contribution in [0.15, 0.2) is 18.2 Å². The maximum atomic E-state index is 5.60. The zero-order valence-corrected chi connectivity index (χ0v) is 10.8. The molecule has 2 nitrogen and oxygen atoms in total. The van der Waals surface area contributed by atoms with E-state index in [1.165, 1.54) is 16.7 Å². The minimum atomic E-state index is 0.297. The molecule has 1 rings (SSSR count). The highest BCUT2D eigenvalue weighted by Gasteiger charge is 2.09. The zero-order valence-electron chi connectivity index (χ0n) is 10.8. The lowest BCUT2D eigenvalue weighted by Crippen LogP contribution is -2.22. The maximum absolute atomic E-state index is 5.60. The molecule has 0 fully saturated rings. The molecule has 1 aromatic rings. The summed E-state index contributed by atoms with van der Waals surface area (Å²) in [5, 5.41) is 3.30. The van der Waals surface area contributed by atoms with Gasteiger partial charge in [0.25, 0.3) is 0 Å². The van der Waals surface area contributed by atoms with E-state index in [1.807, 2.05) is 7.05 Å². The Morgan fingerprint density at radius 3 is 2.56 bits per heavy atom. The summed E-state index contributed by atoms with van der Waals surface area (Å²) in [4.78, 5) is 0. The Kier molecular flexibility index (Phi) is 5.50. The van der Waals surface area contributed by atoms with Gasteiger partial charge in [-0.05, 0) is 44.0 Å². The van der Waals surface area contributed by atoms with Crippen molar-refractivity contribution in [2.75, 3.05) is 20.3 Å². The van der Waals surface area contributed by atoms with Gasteiger partial charge in [0.15, 0.2) is 0 Å². The van der Waals surface area contributed by atoms with Crippen molar-refractivity contribution in [3.63, 3.8) is 0 Å². The molecule has 0 aliphatic rings. The number of hydrogen-bond donors (Lipinski definition) is 1. The first-order valence-corrected chi connectivity index (χ1v) is 6.01. The Morgan fingerprint density at radius 2 is 2.00 bits per heavy atom. The van der Waals surface area contributed by atoms with Crippen LogP contribution < -0.4 is 5.32 Å². The fourth-order valence-corrected chi connectivity index (χ4v) is 1.67. The van der Waals surface area contributed by atoms with Crippen LogP contribution in [0.25, 0.3) is 0 Å². The van der Waals surface area contributed by atoms with Crippen molar-refractivity contribution >= 4 is 0 Å². The summed E-state index contributed by atoms with van der Waals surface area (Å²) in [5.41, 5.74) is 3.99. The van der Waals surface area contributed by atoms with E-state index in [2.05, 4.69) is 44.3 Å². The summed E-state index contributed by atoms with van der Waals surface area (Å²) < 4.78 is 5.60. The van der Waals surface area contributed by atoms with E-state index in [9.17, 15) is 0 Å². The maximum Gasteiger partial charge on any atom is 0.0661 e. The summed E-state index contributed by atoms with van der Waals surface area (Å²) in [6, 6.07) is 6.89. The van der Waals surface area contributed by atoms with Crippen LogP contribution in [0, 0.1) is 13.8 Å². The number of rotatable bonds is 6. The fourth-order valence-electron chi connectivity index (χ4n) is 1.67. The molecule has 1 aromatic carbocycles. The lowest BCUT2D eigenvalue weighted by molar-refractivity contribution is 0.114. The summed E-state index contributed by atoms with van der Waals surface area (Å²) in [6.45, 7) is 8.00. The molecule has 0 aliphatic carbocycles. The van der Waals surface area contributed by atoms with E-state index >= 15 is 0 Å². The highest BCUT2D eigenvalue weighted by molar-refractivity contribution is 5.31. The van der Waals surface area contributed by atoms with E-state index in [0.29, 0.717) is 6.04 Å². The Bertz CT molecular complexity index is 323. The summed E-state index contributed by atoms with van der Waals surface area (Å²) in [6.07, 6.45) is 1.07. The van der Waals surface area contributed by atoms with Crippen LogP contribution >= 0.6 is 0 Å². The first-order chi connectivity index (χ1) is 7.69. The summed E-state index contributed by atoms with van der Waals surface area (Å²) in [5.74, 6) is 0. The molecule has 0 saturated carbocycles. The van der Waals surface area contributed by atoms with E-state index in [1.54, 1.807) is 0 Å². The van der Waals surface area contributed by atoms with Crippen LogP contribution in [-0.2, 0) is 4.74 Å². The van der Waals surface area contributed by atoms with E-state index in [4.69, 9.17) is 4.74 Å². The quantitative estimate of drug-likeness (QED) is 0.746. The Hall–Kier alpha value is -0.860. The predicted molar refractivity (Wildman–Crippen MR) is 68.8 cm³/mol. The van der Waals surface area contributed by atoms with Gasteiger partial charge < -0.3 is 10.1 Å². The van der Waals surface area contributed by atoms with Crippen LogP contribution in [0.1, 0.15) is 36.1 Å². The molecule has 16 heavy (non-hydrogen) atoms. The largest absolute Gasteiger partial charge is 0.379 e. The van der Waals surface area contributed by atoms with Gasteiger partial charge in [-0.3, -0.25) is 0 Å². The van der Waals surface area contributed by atoms with Crippen molar-refractivity contribution in [3.8, 4) is 0 Å². The molecule has 0 saturated heterocycles. The van der Waals surface area contributed by atoms with Gasteiger partial charge in [0, 0.05) is 6.61 Å². The number of likely N-dealkylation sites (N-methyl/N-ethyl adjacent to an activating group) is 1. The predicted octanol–water partition coefficient (Wildman–Crippen LogP) is 2.99. The minimum Gasteiger partial charge on any atom is -0.379 e. The van der Waals surface area contributed by atoms with Crippen molar-refractivity contribution in [3.05, 3.63) is 34.9 Å². The van der Waals surface area contributed by atoms with Gasteiger partial charge in [-0.25, -0.2) is 0 Å². The van der Waals surface area contributed by atoms with E-state index in [0.717, 1.165) is 19.6 Å². The molecule has 90 valence electrons. The molecule has 2 heteroatoms. The molecule has 0 radical (unpaired) electrons. The van der Waals surface area contributed by atoms with Gasteiger partial charge in [-0.1, -0.05) is 25.1 Å². The van der Waals surface area contributed by atoms with Gasteiger partial charge >= 0.3 is 0 Å². The minimum absolute atomic E-state index is 0.297. The van der Waals surface area contributed by atoms with Crippen LogP contribution in [0.5, 0.6) is 0 Å². The number of ether oxygens (including phenoxy) is 1. The molecule has 0 spiro atoms. The number of hydrogen-bond acceptors (Lipinski definition) is 2. The average molecular weight is 221 g/mol. The van der Waals surface area contributed by atoms with Crippen LogP contribution in [0.3, 0.4) is 0 Å². The van der Waals surface area contributed by atoms with Crippen LogP contribution in [-0.4, -0.2) is 20.3 Å². The Labute approximate surface area is 99.0 Å². The van der Waals surface area contributed by atoms with Crippen molar-refractivity contribution in [2.45, 2.75) is 33.2 Å². The Morgan fingerprint density at radius 1 is 1.25 bits per heavy atom. The summed E-state index contributed by atoms with van der Waals surface area (Å²) >= 11 is 0. The Balaban J connectivity index is 2.67. The topological polar surface area (TPSA) is 21.3 Å². The smallest absolute Gasteiger partial charge is 0.0661 e. The van der Waals surface area contributed by atoms with Gasteiger partial charge in [0.2, 0.25) is 0 Å². The second-order valence-corrected chi connectivity index (χ2v) is 4.26. The van der Waals surface area contributed by atoms with Gasteiger partial charge in [0.05, 0.1) is 12.6 Å². The number of benzene rings is 1. The molecule has 0 aliphatic heterocycles. The molecular formula is C14H23NO. The van der Waals surface area contributed by atoms with Crippen molar-refractivity contribution in [2.24, 2.45) is 0 Å². The van der Waals surface area contributed by atoms with Crippen molar-refractivity contribution in [1.29, 1.82) is 0 Å². The lowest BCUT2D eigenvalue weighted by Gasteiger charge is -2.17. The van der Waals surface area contributed by atoms with Crippen molar-refractivity contribution in [1.82, 2.24) is 5.32 Å². The fraction of sp³-hybridized carbons (Fsp3) is 0.571. The van der Waals surface area contributed by atoms with Crippen LogP contribution in [0.4, 0.5) is 0 Å². The summed E-state index contributed by atoms with van der Waals surface area (Å²) in [7, 11) is 1.98.